The van der Waals surface area contributed by atoms with Crippen molar-refractivity contribution < 1.29 is 23.8 Å². The Kier molecular flexibility index (Phi) is 5.44. The first-order valence-electron chi connectivity index (χ1n) is 9.24. The molecule has 1 aromatic heterocycles. The Morgan fingerprint density at radius 2 is 1.77 bits per heavy atom. The number of benzene rings is 2. The number of hydrogen-bond donors (Lipinski definition) is 0. The van der Waals surface area contributed by atoms with Crippen LogP contribution < -0.4 is 4.90 Å². The van der Waals surface area contributed by atoms with Gasteiger partial charge in [-0.3, -0.25) is 0 Å². The molecule has 0 amide bonds. The van der Waals surface area contributed by atoms with E-state index in [1.807, 2.05) is 53.2 Å². The highest BCUT2D eigenvalue weighted by Crippen LogP contribution is 2.27. The number of aromatic nitrogens is 3. The normalized spacial score (nSPS) is 14.1. The molecule has 0 N–H and O–H groups in total. The first-order chi connectivity index (χ1) is 14.6. The van der Waals surface area contributed by atoms with Gasteiger partial charge in [-0.15, -0.1) is 5.10 Å². The fourth-order valence-corrected chi connectivity index (χ4v) is 3.34. The molecule has 2 heterocycles. The molecule has 3 aromatic rings. The molecular formula is C21H20N4O5. The van der Waals surface area contributed by atoms with Crippen molar-refractivity contribution in [3.63, 3.8) is 0 Å². The molecule has 1 aliphatic heterocycles. The third-order valence-electron chi connectivity index (χ3n) is 4.83. The Morgan fingerprint density at radius 3 is 2.50 bits per heavy atom. The predicted molar refractivity (Wildman–Crippen MR) is 107 cm³/mol. The number of anilines is 1. The summed E-state index contributed by atoms with van der Waals surface area (Å²) in [6.45, 7) is 0.632. The summed E-state index contributed by atoms with van der Waals surface area (Å²) in [5.74, 6) is -1.26. The Morgan fingerprint density at radius 1 is 1.03 bits per heavy atom. The van der Waals surface area contributed by atoms with Crippen LogP contribution in [-0.2, 0) is 30.3 Å². The second kappa shape index (κ2) is 8.34. The van der Waals surface area contributed by atoms with Gasteiger partial charge in [0.15, 0.2) is 0 Å². The zero-order chi connectivity index (χ0) is 21.1. The van der Waals surface area contributed by atoms with Gasteiger partial charge < -0.3 is 19.1 Å². The first kappa shape index (κ1) is 19.6. The topological polar surface area (TPSA) is 95.8 Å². The molecule has 0 saturated heterocycles. The van der Waals surface area contributed by atoms with Gasteiger partial charge >= 0.3 is 11.9 Å². The lowest BCUT2D eigenvalue weighted by molar-refractivity contribution is -0.140. The van der Waals surface area contributed by atoms with Crippen molar-refractivity contribution in [2.75, 3.05) is 32.5 Å². The molecule has 0 aliphatic carbocycles. The van der Waals surface area contributed by atoms with E-state index in [1.165, 1.54) is 14.2 Å². The first-order valence-corrected chi connectivity index (χ1v) is 9.24. The summed E-state index contributed by atoms with van der Waals surface area (Å²) in [6.07, 6.45) is 0. The maximum Gasteiger partial charge on any atom is 0.355 e. The van der Waals surface area contributed by atoms with Crippen LogP contribution in [0, 0.1) is 0 Å². The summed E-state index contributed by atoms with van der Waals surface area (Å²) in [5, 5.41) is 8.37. The molecule has 0 fully saturated rings. The number of hydrogen-bond acceptors (Lipinski definition) is 8. The average Bonchev–Trinajstić information content (AvgIpc) is 3.21. The molecule has 0 saturated carbocycles. The zero-order valence-corrected chi connectivity index (χ0v) is 16.6. The quantitative estimate of drug-likeness (QED) is 0.591. The molecule has 9 nitrogen and oxygen atoms in total. The van der Waals surface area contributed by atoms with E-state index in [0.29, 0.717) is 12.2 Å². The second-order valence-corrected chi connectivity index (χ2v) is 6.62. The van der Waals surface area contributed by atoms with Crippen molar-refractivity contribution in [3.8, 4) is 0 Å². The minimum Gasteiger partial charge on any atom is -0.466 e. The Hall–Kier alpha value is -3.72. The van der Waals surface area contributed by atoms with Crippen molar-refractivity contribution in [2.24, 2.45) is 0 Å². The number of methoxy groups -OCH3 is 2. The van der Waals surface area contributed by atoms with Gasteiger partial charge in [-0.05, 0) is 29.8 Å². The van der Waals surface area contributed by atoms with E-state index in [2.05, 4.69) is 10.3 Å². The van der Waals surface area contributed by atoms with Crippen molar-refractivity contribution in [1.82, 2.24) is 15.0 Å². The Bertz CT molecular complexity index is 1120. The molecule has 154 valence electrons. The van der Waals surface area contributed by atoms with Gasteiger partial charge in [0.1, 0.15) is 17.9 Å². The largest absolute Gasteiger partial charge is 0.466 e. The van der Waals surface area contributed by atoms with Gasteiger partial charge in [-0.25, -0.2) is 14.3 Å². The number of carbonyl (C=O) groups excluding carboxylic acids is 2. The summed E-state index contributed by atoms with van der Waals surface area (Å²) in [6, 6.07) is 15.3. The van der Waals surface area contributed by atoms with E-state index < -0.39 is 11.9 Å². The molecule has 9 heteroatoms. The van der Waals surface area contributed by atoms with Gasteiger partial charge in [0.05, 0.1) is 38.5 Å². The molecule has 0 radical (unpaired) electrons. The van der Waals surface area contributed by atoms with Gasteiger partial charge in [-0.2, -0.15) is 0 Å². The molecule has 0 bridgehead atoms. The molecular weight excluding hydrogens is 388 g/mol. The van der Waals surface area contributed by atoms with Crippen LogP contribution in [-0.4, -0.2) is 54.5 Å². The number of esters is 2. The van der Waals surface area contributed by atoms with Crippen molar-refractivity contribution >= 4 is 28.7 Å². The fraction of sp³-hybridized carbons (Fsp3) is 0.238. The van der Waals surface area contributed by atoms with E-state index >= 15 is 0 Å². The van der Waals surface area contributed by atoms with E-state index in [1.54, 1.807) is 4.90 Å². The van der Waals surface area contributed by atoms with Crippen molar-refractivity contribution in [2.45, 2.75) is 6.54 Å². The third kappa shape index (κ3) is 3.62. The summed E-state index contributed by atoms with van der Waals surface area (Å²) in [7, 11) is 2.52. The number of para-hydroxylation sites is 1. The van der Waals surface area contributed by atoms with Crippen molar-refractivity contribution in [1.29, 1.82) is 0 Å². The highest BCUT2D eigenvalue weighted by atomic mass is 16.5. The maximum atomic E-state index is 12.4. The lowest BCUT2D eigenvalue weighted by Crippen LogP contribution is -2.38. The monoisotopic (exact) mass is 408 g/mol. The van der Waals surface area contributed by atoms with E-state index in [4.69, 9.17) is 14.2 Å². The molecule has 0 spiro atoms. The molecule has 0 atom stereocenters. The van der Waals surface area contributed by atoms with Crippen LogP contribution in [0.2, 0.25) is 0 Å². The summed E-state index contributed by atoms with van der Waals surface area (Å²) in [5.41, 5.74) is 3.71. The average molecular weight is 408 g/mol. The van der Waals surface area contributed by atoms with Gasteiger partial charge in [0.25, 0.3) is 0 Å². The third-order valence-corrected chi connectivity index (χ3v) is 4.83. The number of nitrogens with zero attached hydrogens (tertiary/aromatic N) is 4. The maximum absolute atomic E-state index is 12.4. The summed E-state index contributed by atoms with van der Waals surface area (Å²) in [4.78, 5) is 26.1. The molecule has 1 aliphatic rings. The highest BCUT2D eigenvalue weighted by Gasteiger charge is 2.32. The van der Waals surface area contributed by atoms with E-state index in [0.717, 1.165) is 16.6 Å². The molecule has 4 rings (SSSR count). The number of rotatable bonds is 5. The number of fused-ring (bicyclic) bond motifs is 1. The standard InChI is InChI=1S/C21H20N4O5/c1-28-20(26)16-12-30-13-24(19(16)21(27)29-2)15-9-7-14(8-10-15)11-25-18-6-4-3-5-17(18)22-23-25/h3-10H,11-13H2,1-2H3. The number of carbonyl (C=O) groups is 2. The summed E-state index contributed by atoms with van der Waals surface area (Å²) >= 11 is 0. The van der Waals surface area contributed by atoms with Crippen LogP contribution >= 0.6 is 0 Å². The van der Waals surface area contributed by atoms with Crippen LogP contribution in [0.3, 0.4) is 0 Å². The SMILES string of the molecule is COC(=O)C1=C(C(=O)OC)N(c2ccc(Cn3nnc4ccccc43)cc2)COC1. The molecule has 30 heavy (non-hydrogen) atoms. The minimum atomic E-state index is -0.630. The van der Waals surface area contributed by atoms with Gasteiger partial charge in [0, 0.05) is 5.69 Å². The van der Waals surface area contributed by atoms with Gasteiger partial charge in [-0.1, -0.05) is 29.5 Å². The molecule has 0 unspecified atom stereocenters. The van der Waals surface area contributed by atoms with Crippen LogP contribution in [0.15, 0.2) is 59.8 Å². The minimum absolute atomic E-state index is 0.0228. The second-order valence-electron chi connectivity index (χ2n) is 6.62. The van der Waals surface area contributed by atoms with Crippen LogP contribution in [0.1, 0.15) is 5.56 Å². The number of ether oxygens (including phenoxy) is 3. The van der Waals surface area contributed by atoms with Crippen LogP contribution in [0.25, 0.3) is 11.0 Å². The van der Waals surface area contributed by atoms with E-state index in [9.17, 15) is 9.59 Å². The van der Waals surface area contributed by atoms with Crippen molar-refractivity contribution in [3.05, 3.63) is 65.4 Å². The molecule has 2 aromatic carbocycles. The Balaban J connectivity index is 1.62. The van der Waals surface area contributed by atoms with E-state index in [-0.39, 0.29) is 24.6 Å². The lowest BCUT2D eigenvalue weighted by atomic mass is 10.1. The smallest absolute Gasteiger partial charge is 0.355 e. The predicted octanol–water partition coefficient (Wildman–Crippen LogP) is 1.87. The lowest BCUT2D eigenvalue weighted by Gasteiger charge is -2.31. The summed E-state index contributed by atoms with van der Waals surface area (Å²) < 4.78 is 17.0. The van der Waals surface area contributed by atoms with Crippen LogP contribution in [0.4, 0.5) is 5.69 Å². The Labute approximate surface area is 172 Å². The highest BCUT2D eigenvalue weighted by molar-refractivity contribution is 6.03. The fourth-order valence-electron chi connectivity index (χ4n) is 3.34. The van der Waals surface area contributed by atoms with Gasteiger partial charge in [0.2, 0.25) is 0 Å². The zero-order valence-electron chi connectivity index (χ0n) is 16.6. The van der Waals surface area contributed by atoms with Crippen LogP contribution in [0.5, 0.6) is 0 Å².